The van der Waals surface area contributed by atoms with Crippen molar-refractivity contribution in [3.63, 3.8) is 0 Å². The summed E-state index contributed by atoms with van der Waals surface area (Å²) in [6.45, 7) is 4.18. The number of rotatable bonds is 2. The van der Waals surface area contributed by atoms with Crippen molar-refractivity contribution in [2.24, 2.45) is 0 Å². The Hall–Kier alpha value is -2.60. The minimum absolute atomic E-state index is 0.0881. The van der Waals surface area contributed by atoms with Gasteiger partial charge in [0.1, 0.15) is 26.4 Å². The van der Waals surface area contributed by atoms with Gasteiger partial charge < -0.3 is 48.1 Å². The van der Waals surface area contributed by atoms with Gasteiger partial charge in [-0.2, -0.15) is 0 Å². The van der Waals surface area contributed by atoms with Crippen LogP contribution in [0.1, 0.15) is 11.1 Å². The molecule has 2 aromatic rings. The molecule has 0 bridgehead atoms. The van der Waals surface area contributed by atoms with Crippen LogP contribution in [0, 0.1) is 0 Å². The molecule has 0 spiro atoms. The maximum absolute atomic E-state index is 9.65. The smallest absolute Gasteiger partial charge is 0.166 e. The number of benzene rings is 2. The number of para-hydroxylation sites is 1. The highest BCUT2D eigenvalue weighted by Crippen LogP contribution is 2.31. The van der Waals surface area contributed by atoms with E-state index in [0.29, 0.717) is 108 Å². The highest BCUT2D eigenvalue weighted by Gasteiger charge is 2.11. The molecule has 10 heteroatoms. The summed E-state index contributed by atoms with van der Waals surface area (Å²) in [5.41, 5.74) is 1.37. The van der Waals surface area contributed by atoms with Crippen LogP contribution in [-0.2, 0) is 32.2 Å². The van der Waals surface area contributed by atoms with Gasteiger partial charge in [0.25, 0.3) is 0 Å². The highest BCUT2D eigenvalue weighted by atomic mass is 16.6. The van der Waals surface area contributed by atoms with Crippen LogP contribution in [-0.4, -0.2) is 89.5 Å². The second-order valence-corrected chi connectivity index (χ2v) is 7.69. The molecular weight excluding hydrogens is 472 g/mol. The molecule has 2 aromatic carbocycles. The number of hydrogen-bond donors (Lipinski definition) is 2. The van der Waals surface area contributed by atoms with Crippen LogP contribution in [0.25, 0.3) is 0 Å². The van der Waals surface area contributed by atoms with Gasteiger partial charge in [-0.1, -0.05) is 18.2 Å². The molecule has 3 rings (SSSR count). The van der Waals surface area contributed by atoms with E-state index in [1.807, 2.05) is 0 Å². The van der Waals surface area contributed by atoms with E-state index in [1.165, 1.54) is 0 Å². The third-order valence-electron chi connectivity index (χ3n) is 5.10. The highest BCUT2D eigenvalue weighted by molar-refractivity contribution is 5.46. The van der Waals surface area contributed by atoms with Gasteiger partial charge in [0.2, 0.25) is 0 Å². The van der Waals surface area contributed by atoms with E-state index in [1.54, 1.807) is 36.4 Å². The lowest BCUT2D eigenvalue weighted by Gasteiger charge is -2.16. The van der Waals surface area contributed by atoms with E-state index in [0.717, 1.165) is 5.56 Å². The van der Waals surface area contributed by atoms with Gasteiger partial charge >= 0.3 is 0 Å². The predicted molar refractivity (Wildman–Crippen MR) is 130 cm³/mol. The van der Waals surface area contributed by atoms with Gasteiger partial charge in [-0.25, -0.2) is 0 Å². The zero-order valence-electron chi connectivity index (χ0n) is 20.5. The third kappa shape index (κ3) is 9.81. The van der Waals surface area contributed by atoms with E-state index in [-0.39, 0.29) is 13.2 Å². The minimum Gasteiger partial charge on any atom is -0.487 e. The van der Waals surface area contributed by atoms with Gasteiger partial charge in [0.05, 0.1) is 66.1 Å². The quantitative estimate of drug-likeness (QED) is 0.624. The topological polar surface area (TPSA) is 114 Å². The van der Waals surface area contributed by atoms with Crippen LogP contribution in [0.4, 0.5) is 0 Å². The number of hydrogen-bond acceptors (Lipinski definition) is 10. The number of ether oxygens (including phenoxy) is 8. The minimum atomic E-state index is -0.160. The first-order valence-corrected chi connectivity index (χ1v) is 12.1. The molecule has 0 unspecified atom stereocenters. The van der Waals surface area contributed by atoms with Crippen molar-refractivity contribution < 1.29 is 48.1 Å². The van der Waals surface area contributed by atoms with Gasteiger partial charge in [0, 0.05) is 5.56 Å². The van der Waals surface area contributed by atoms with E-state index in [4.69, 9.17) is 37.9 Å². The summed E-state index contributed by atoms with van der Waals surface area (Å²) in [6, 6.07) is 10.7. The molecule has 0 aliphatic carbocycles. The molecule has 0 radical (unpaired) electrons. The fraction of sp³-hybridized carbons (Fsp3) is 0.538. The molecule has 0 fully saturated rings. The van der Waals surface area contributed by atoms with E-state index in [9.17, 15) is 10.2 Å². The van der Waals surface area contributed by atoms with Crippen molar-refractivity contribution in [1.29, 1.82) is 0 Å². The predicted octanol–water partition coefficient (Wildman–Crippen LogP) is 1.97. The molecule has 36 heavy (non-hydrogen) atoms. The van der Waals surface area contributed by atoms with Crippen LogP contribution in [0.2, 0.25) is 0 Å². The summed E-state index contributed by atoms with van der Waals surface area (Å²) in [7, 11) is 0. The monoisotopic (exact) mass is 508 g/mol. The summed E-state index contributed by atoms with van der Waals surface area (Å²) in [6.07, 6.45) is 0. The maximum atomic E-state index is 9.65. The molecule has 200 valence electrons. The molecule has 0 aromatic heterocycles. The average Bonchev–Trinajstić information content (AvgIpc) is 2.91. The lowest BCUT2D eigenvalue weighted by atomic mass is 10.2. The molecule has 1 heterocycles. The molecular formula is C26H36O10. The fourth-order valence-corrected chi connectivity index (χ4v) is 3.32. The molecule has 1 aliphatic rings. The van der Waals surface area contributed by atoms with E-state index < -0.39 is 0 Å². The Balaban J connectivity index is 1.52. The third-order valence-corrected chi connectivity index (χ3v) is 5.10. The number of aliphatic hydroxyl groups excluding tert-OH is 2. The zero-order valence-corrected chi connectivity index (χ0v) is 20.5. The Bertz CT molecular complexity index is 876. The maximum Gasteiger partial charge on any atom is 0.166 e. The van der Waals surface area contributed by atoms with Crippen molar-refractivity contribution in [2.45, 2.75) is 13.2 Å². The van der Waals surface area contributed by atoms with Crippen molar-refractivity contribution in [2.75, 3.05) is 79.3 Å². The second-order valence-electron chi connectivity index (χ2n) is 7.69. The van der Waals surface area contributed by atoms with Gasteiger partial charge in [0.15, 0.2) is 23.0 Å². The van der Waals surface area contributed by atoms with Crippen molar-refractivity contribution in [1.82, 2.24) is 0 Å². The first-order chi connectivity index (χ1) is 17.8. The molecule has 10 nitrogen and oxygen atoms in total. The Labute approximate surface area is 211 Å². The SMILES string of the molecule is OCc1ccc2c(c1)OCCOCCOCCOc1c(CO)cccc1OCCOCCOCCO2. The van der Waals surface area contributed by atoms with Crippen molar-refractivity contribution in [3.05, 3.63) is 47.5 Å². The van der Waals surface area contributed by atoms with E-state index >= 15 is 0 Å². The van der Waals surface area contributed by atoms with Gasteiger partial charge in [-0.15, -0.1) is 0 Å². The Kier molecular flexibility index (Phi) is 13.2. The first kappa shape index (κ1) is 28.0. The normalized spacial score (nSPS) is 17.6. The van der Waals surface area contributed by atoms with Crippen LogP contribution in [0.15, 0.2) is 36.4 Å². The number of aliphatic hydroxyl groups is 2. The molecule has 1 aliphatic heterocycles. The van der Waals surface area contributed by atoms with E-state index in [2.05, 4.69) is 0 Å². The molecule has 0 saturated carbocycles. The lowest BCUT2D eigenvalue weighted by Crippen LogP contribution is -2.16. The Morgan fingerprint density at radius 3 is 1.61 bits per heavy atom. The summed E-state index contributed by atoms with van der Waals surface area (Å²) in [4.78, 5) is 0. The van der Waals surface area contributed by atoms with Crippen LogP contribution < -0.4 is 18.9 Å². The first-order valence-electron chi connectivity index (χ1n) is 12.1. The zero-order chi connectivity index (χ0) is 25.3. The van der Waals surface area contributed by atoms with Crippen molar-refractivity contribution >= 4 is 0 Å². The standard InChI is InChI=1S/C26H36O10/c27-19-21-4-5-23-25(18-21)35-16-12-31-8-9-32-13-17-36-26-22(20-28)2-1-3-24(26)34-15-11-30-7-6-29-10-14-33-23/h1-5,18,27-28H,6-17,19-20H2. The van der Waals surface area contributed by atoms with Crippen LogP contribution in [0.3, 0.4) is 0 Å². The van der Waals surface area contributed by atoms with Crippen LogP contribution >= 0.6 is 0 Å². The van der Waals surface area contributed by atoms with Gasteiger partial charge in [-0.05, 0) is 23.8 Å². The van der Waals surface area contributed by atoms with Crippen LogP contribution in [0.5, 0.6) is 23.0 Å². The summed E-state index contributed by atoms with van der Waals surface area (Å²) in [5.74, 6) is 2.16. The number of fused-ring (bicyclic) bond motifs is 2. The summed E-state index contributed by atoms with van der Waals surface area (Å²) in [5, 5.41) is 19.1. The lowest BCUT2D eigenvalue weighted by molar-refractivity contribution is 0.0221. The fourth-order valence-electron chi connectivity index (χ4n) is 3.32. The van der Waals surface area contributed by atoms with Crippen molar-refractivity contribution in [3.8, 4) is 23.0 Å². The summed E-state index contributed by atoms with van der Waals surface area (Å²) < 4.78 is 45.5. The summed E-state index contributed by atoms with van der Waals surface area (Å²) >= 11 is 0. The Morgan fingerprint density at radius 2 is 1.03 bits per heavy atom. The molecule has 2 N–H and O–H groups in total. The molecule has 0 amide bonds. The Morgan fingerprint density at radius 1 is 0.500 bits per heavy atom. The molecule has 0 atom stereocenters. The molecule has 0 saturated heterocycles. The van der Waals surface area contributed by atoms with Gasteiger partial charge in [-0.3, -0.25) is 0 Å². The largest absolute Gasteiger partial charge is 0.487 e. The second kappa shape index (κ2) is 17.0. The average molecular weight is 509 g/mol.